The second kappa shape index (κ2) is 31.0. The van der Waals surface area contributed by atoms with Gasteiger partial charge in [-0.2, -0.15) is 0 Å². The van der Waals surface area contributed by atoms with Crippen LogP contribution in [0.4, 0.5) is 0 Å². The van der Waals surface area contributed by atoms with Crippen LogP contribution >= 0.6 is 0 Å². The molecular formula is C29H56O8. The minimum absolute atomic E-state index is 0.118. The molecule has 220 valence electrons. The monoisotopic (exact) mass is 532 g/mol. The van der Waals surface area contributed by atoms with Crippen molar-refractivity contribution >= 4 is 11.9 Å². The maximum atomic E-state index is 11.8. The average molecular weight is 533 g/mol. The molecule has 37 heavy (non-hydrogen) atoms. The summed E-state index contributed by atoms with van der Waals surface area (Å²) in [5.41, 5.74) is 0. The Morgan fingerprint density at radius 1 is 0.378 bits per heavy atom. The zero-order valence-corrected chi connectivity index (χ0v) is 23.9. The molecule has 8 heteroatoms. The zero-order valence-electron chi connectivity index (χ0n) is 23.9. The maximum Gasteiger partial charge on any atom is 0.305 e. The van der Waals surface area contributed by atoms with Crippen molar-refractivity contribution in [2.45, 2.75) is 110 Å². The lowest BCUT2D eigenvalue weighted by Gasteiger charge is -2.07. The number of hydrogen-bond donors (Lipinski definition) is 0. The molecule has 0 amide bonds. The summed E-state index contributed by atoms with van der Waals surface area (Å²) in [7, 11) is 0. The Labute approximate surface area is 226 Å². The lowest BCUT2D eigenvalue weighted by atomic mass is 10.1. The van der Waals surface area contributed by atoms with E-state index in [0.717, 1.165) is 123 Å². The van der Waals surface area contributed by atoms with Gasteiger partial charge in [-0.25, -0.2) is 0 Å². The Hall–Kier alpha value is -1.22. The van der Waals surface area contributed by atoms with E-state index in [2.05, 4.69) is 0 Å². The summed E-state index contributed by atoms with van der Waals surface area (Å²) in [5.74, 6) is -0.236. The Balaban J connectivity index is 3.26. The molecule has 0 unspecified atom stereocenters. The fraction of sp³-hybridized carbons (Fsp3) is 0.931. The molecule has 0 aromatic carbocycles. The summed E-state index contributed by atoms with van der Waals surface area (Å²) in [6.07, 6.45) is 13.2. The fourth-order valence-corrected chi connectivity index (χ4v) is 3.51. The van der Waals surface area contributed by atoms with E-state index in [1.54, 1.807) is 0 Å². The number of rotatable bonds is 30. The van der Waals surface area contributed by atoms with E-state index in [1.807, 2.05) is 13.8 Å². The van der Waals surface area contributed by atoms with E-state index in [0.29, 0.717) is 39.3 Å². The molecule has 0 fully saturated rings. The molecule has 0 aromatic rings. The van der Waals surface area contributed by atoms with Crippen molar-refractivity contribution in [2.75, 3.05) is 66.1 Å². The first-order valence-electron chi connectivity index (χ1n) is 14.8. The topological polar surface area (TPSA) is 89.5 Å². The van der Waals surface area contributed by atoms with Gasteiger partial charge in [-0.05, 0) is 78.1 Å². The highest BCUT2D eigenvalue weighted by Crippen LogP contribution is 2.09. The predicted octanol–water partition coefficient (Wildman–Crippen LogP) is 6.03. The molecule has 8 nitrogen and oxygen atoms in total. The molecule has 0 aliphatic rings. The van der Waals surface area contributed by atoms with Crippen LogP contribution in [0.2, 0.25) is 0 Å². The van der Waals surface area contributed by atoms with Gasteiger partial charge >= 0.3 is 11.9 Å². The Kier molecular flexibility index (Phi) is 30.0. The van der Waals surface area contributed by atoms with Crippen molar-refractivity contribution in [3.63, 3.8) is 0 Å². The third-order valence-electron chi connectivity index (χ3n) is 5.72. The van der Waals surface area contributed by atoms with Crippen LogP contribution in [0.5, 0.6) is 0 Å². The number of ether oxygens (including phenoxy) is 6. The number of carbonyl (C=O) groups is 2. The average Bonchev–Trinajstić information content (AvgIpc) is 2.89. The first kappa shape index (κ1) is 35.8. The van der Waals surface area contributed by atoms with E-state index in [1.165, 1.54) is 0 Å². The second-order valence-corrected chi connectivity index (χ2v) is 9.16. The molecule has 0 atom stereocenters. The summed E-state index contributed by atoms with van der Waals surface area (Å²) in [6.45, 7) is 11.0. The van der Waals surface area contributed by atoms with Crippen LogP contribution in [0.1, 0.15) is 110 Å². The van der Waals surface area contributed by atoms with Gasteiger partial charge in [0.25, 0.3) is 0 Å². The molecule has 0 aromatic heterocycles. The molecule has 0 saturated heterocycles. The predicted molar refractivity (Wildman–Crippen MR) is 146 cm³/mol. The normalized spacial score (nSPS) is 11.1. The van der Waals surface area contributed by atoms with E-state index in [-0.39, 0.29) is 11.9 Å². The molecule has 0 saturated carbocycles. The van der Waals surface area contributed by atoms with Crippen LogP contribution in [0.25, 0.3) is 0 Å². The van der Waals surface area contributed by atoms with Crippen molar-refractivity contribution in [3.8, 4) is 0 Å². The van der Waals surface area contributed by atoms with E-state index in [4.69, 9.17) is 28.4 Å². The maximum absolute atomic E-state index is 11.8. The summed E-state index contributed by atoms with van der Waals surface area (Å²) in [5, 5.41) is 0. The van der Waals surface area contributed by atoms with Crippen LogP contribution in [0.3, 0.4) is 0 Å². The molecule has 0 rings (SSSR count). The number of carbonyl (C=O) groups excluding carboxylic acids is 2. The Morgan fingerprint density at radius 3 is 1.03 bits per heavy atom. The van der Waals surface area contributed by atoms with Crippen molar-refractivity contribution in [2.24, 2.45) is 0 Å². The largest absolute Gasteiger partial charge is 0.466 e. The van der Waals surface area contributed by atoms with Gasteiger partial charge in [0.2, 0.25) is 0 Å². The smallest absolute Gasteiger partial charge is 0.305 e. The highest BCUT2D eigenvalue weighted by Gasteiger charge is 2.05. The number of unbranched alkanes of at least 4 members (excludes halogenated alkanes) is 8. The first-order valence-corrected chi connectivity index (χ1v) is 14.8. The second-order valence-electron chi connectivity index (χ2n) is 9.16. The van der Waals surface area contributed by atoms with Gasteiger partial charge in [0.15, 0.2) is 0 Å². The molecule has 0 heterocycles. The van der Waals surface area contributed by atoms with E-state index in [9.17, 15) is 9.59 Å². The van der Waals surface area contributed by atoms with Gasteiger partial charge in [-0.15, -0.1) is 0 Å². The van der Waals surface area contributed by atoms with Crippen LogP contribution in [0.15, 0.2) is 0 Å². The lowest BCUT2D eigenvalue weighted by molar-refractivity contribution is -0.144. The molecular weight excluding hydrogens is 476 g/mol. The van der Waals surface area contributed by atoms with Crippen LogP contribution in [0, 0.1) is 0 Å². The van der Waals surface area contributed by atoms with Gasteiger partial charge in [0, 0.05) is 65.7 Å². The van der Waals surface area contributed by atoms with Crippen LogP contribution in [-0.4, -0.2) is 78.0 Å². The minimum atomic E-state index is -0.118. The number of esters is 2. The van der Waals surface area contributed by atoms with E-state index >= 15 is 0 Å². The summed E-state index contributed by atoms with van der Waals surface area (Å²) >= 11 is 0. The molecule has 0 N–H and O–H groups in total. The standard InChI is InChI=1S/C29H56O8/c1-3-32-20-10-12-22-34-24-14-16-26-36-28(30)18-8-6-5-7-9-19-29(31)37-27-17-15-25-35-23-13-11-21-33-4-2/h3-27H2,1-2H3. The SMILES string of the molecule is CCOCCCCOCCCCOC(=O)CCCCCCCC(=O)OCCCCOCCCCOCC. The number of hydrogen-bond acceptors (Lipinski definition) is 8. The van der Waals surface area contributed by atoms with Crippen molar-refractivity contribution in [3.05, 3.63) is 0 Å². The van der Waals surface area contributed by atoms with Gasteiger partial charge in [-0.1, -0.05) is 19.3 Å². The molecule has 0 aliphatic heterocycles. The van der Waals surface area contributed by atoms with Gasteiger partial charge in [-0.3, -0.25) is 9.59 Å². The Morgan fingerprint density at radius 2 is 0.676 bits per heavy atom. The lowest BCUT2D eigenvalue weighted by Crippen LogP contribution is -2.07. The Bertz CT molecular complexity index is 445. The van der Waals surface area contributed by atoms with Crippen LogP contribution in [-0.2, 0) is 38.0 Å². The van der Waals surface area contributed by atoms with Crippen LogP contribution < -0.4 is 0 Å². The molecule has 0 spiro atoms. The highest BCUT2D eigenvalue weighted by atomic mass is 16.5. The highest BCUT2D eigenvalue weighted by molar-refractivity contribution is 5.69. The third-order valence-corrected chi connectivity index (χ3v) is 5.72. The minimum Gasteiger partial charge on any atom is -0.466 e. The molecule has 0 radical (unpaired) electrons. The van der Waals surface area contributed by atoms with Crippen molar-refractivity contribution < 1.29 is 38.0 Å². The third kappa shape index (κ3) is 30.9. The van der Waals surface area contributed by atoms with Gasteiger partial charge in [0.1, 0.15) is 0 Å². The van der Waals surface area contributed by atoms with Crippen molar-refractivity contribution in [1.82, 2.24) is 0 Å². The fourth-order valence-electron chi connectivity index (χ4n) is 3.51. The summed E-state index contributed by atoms with van der Waals surface area (Å²) < 4.78 is 32.3. The quantitative estimate of drug-likeness (QED) is 0.0818. The summed E-state index contributed by atoms with van der Waals surface area (Å²) in [6, 6.07) is 0. The van der Waals surface area contributed by atoms with Gasteiger partial charge < -0.3 is 28.4 Å². The van der Waals surface area contributed by atoms with E-state index < -0.39 is 0 Å². The van der Waals surface area contributed by atoms with Crippen molar-refractivity contribution in [1.29, 1.82) is 0 Å². The molecule has 0 aliphatic carbocycles. The first-order chi connectivity index (χ1) is 18.2. The zero-order chi connectivity index (χ0) is 27.1. The summed E-state index contributed by atoms with van der Waals surface area (Å²) in [4.78, 5) is 23.6. The van der Waals surface area contributed by atoms with Gasteiger partial charge in [0.05, 0.1) is 13.2 Å². The molecule has 0 bridgehead atoms.